The minimum Gasteiger partial charge on any atom is -0.341 e. The lowest BCUT2D eigenvalue weighted by molar-refractivity contribution is 0.467. The maximum Gasteiger partial charge on any atom is 0.0449 e. The van der Waals surface area contributed by atoms with Crippen molar-refractivity contribution in [2.75, 3.05) is 11.4 Å². The molecule has 1 heterocycles. The van der Waals surface area contributed by atoms with Crippen LogP contribution in [0.3, 0.4) is 0 Å². The lowest BCUT2D eigenvalue weighted by atomic mass is 9.76. The predicted octanol–water partition coefficient (Wildman–Crippen LogP) is 9.76. The molecule has 0 aromatic heterocycles. The highest BCUT2D eigenvalue weighted by Crippen LogP contribution is 2.44. The van der Waals surface area contributed by atoms with E-state index in [0.717, 1.165) is 13.0 Å². The zero-order chi connectivity index (χ0) is 26.0. The molecule has 0 amide bonds. The molecule has 1 aliphatic rings. The largest absolute Gasteiger partial charge is 0.341 e. The van der Waals surface area contributed by atoms with Gasteiger partial charge in [-0.05, 0) is 81.1 Å². The molecule has 38 heavy (non-hydrogen) atoms. The summed E-state index contributed by atoms with van der Waals surface area (Å²) in [5.74, 6) is 0. The van der Waals surface area contributed by atoms with Crippen LogP contribution in [0.15, 0.2) is 133 Å². The van der Waals surface area contributed by atoms with E-state index in [9.17, 15) is 0 Å². The number of fused-ring (bicyclic) bond motifs is 1. The Balaban J connectivity index is 1.35. The van der Waals surface area contributed by atoms with Crippen LogP contribution in [-0.2, 0) is 5.41 Å². The first kappa shape index (κ1) is 24.0. The molecule has 0 atom stereocenters. The van der Waals surface area contributed by atoms with E-state index in [0.29, 0.717) is 0 Å². The molecule has 0 unspecified atom stereocenters. The summed E-state index contributed by atoms with van der Waals surface area (Å²) in [7, 11) is 0. The van der Waals surface area contributed by atoms with Gasteiger partial charge in [0, 0.05) is 17.9 Å². The fourth-order valence-corrected chi connectivity index (χ4v) is 5.52. The van der Waals surface area contributed by atoms with Crippen molar-refractivity contribution in [3.05, 3.63) is 156 Å². The molecule has 0 radical (unpaired) electrons. The molecule has 5 aromatic rings. The monoisotopic (exact) mass is 491 g/mol. The highest BCUT2D eigenvalue weighted by atomic mass is 15.1. The van der Waals surface area contributed by atoms with Gasteiger partial charge >= 0.3 is 0 Å². The minimum atomic E-state index is 0.138. The summed E-state index contributed by atoms with van der Waals surface area (Å²) in [5, 5.41) is 0. The van der Waals surface area contributed by atoms with Crippen LogP contribution in [-0.4, -0.2) is 6.54 Å². The Labute approximate surface area is 226 Å². The highest BCUT2D eigenvalue weighted by molar-refractivity contribution is 5.91. The van der Waals surface area contributed by atoms with E-state index >= 15 is 0 Å². The maximum absolute atomic E-state index is 2.47. The van der Waals surface area contributed by atoms with Crippen LogP contribution in [0.4, 0.5) is 11.4 Å². The first-order valence-electron chi connectivity index (χ1n) is 13.5. The Hall–Kier alpha value is -4.36. The lowest BCUT2D eigenvalue weighted by Gasteiger charge is -2.40. The van der Waals surface area contributed by atoms with Crippen molar-refractivity contribution in [2.24, 2.45) is 0 Å². The fourth-order valence-electron chi connectivity index (χ4n) is 5.52. The van der Waals surface area contributed by atoms with Gasteiger partial charge in [-0.1, -0.05) is 123 Å². The van der Waals surface area contributed by atoms with Gasteiger partial charge in [0.25, 0.3) is 0 Å². The molecule has 0 aliphatic carbocycles. The van der Waals surface area contributed by atoms with Gasteiger partial charge < -0.3 is 4.90 Å². The van der Waals surface area contributed by atoms with Gasteiger partial charge in [-0.15, -0.1) is 0 Å². The molecule has 1 nitrogen and oxygen atoms in total. The van der Waals surface area contributed by atoms with Crippen LogP contribution < -0.4 is 4.90 Å². The van der Waals surface area contributed by atoms with Gasteiger partial charge in [0.05, 0.1) is 0 Å². The molecule has 0 saturated heterocycles. The number of anilines is 2. The third-order valence-electron chi connectivity index (χ3n) is 7.77. The zero-order valence-corrected chi connectivity index (χ0v) is 22.1. The molecule has 0 bridgehead atoms. The molecule has 6 rings (SSSR count). The van der Waals surface area contributed by atoms with Crippen molar-refractivity contribution in [2.45, 2.75) is 25.7 Å². The quantitative estimate of drug-likeness (QED) is 0.221. The van der Waals surface area contributed by atoms with E-state index in [1.54, 1.807) is 0 Å². The van der Waals surface area contributed by atoms with Gasteiger partial charge in [0.15, 0.2) is 0 Å². The molecule has 0 N–H and O–H groups in total. The maximum atomic E-state index is 2.47. The molecule has 0 fully saturated rings. The van der Waals surface area contributed by atoms with Gasteiger partial charge in [-0.2, -0.15) is 0 Å². The Morgan fingerprint density at radius 3 is 1.79 bits per heavy atom. The van der Waals surface area contributed by atoms with Crippen molar-refractivity contribution < 1.29 is 0 Å². The lowest BCUT2D eigenvalue weighted by Crippen LogP contribution is -2.34. The molecule has 186 valence electrons. The Bertz CT molecular complexity index is 1500. The van der Waals surface area contributed by atoms with Crippen LogP contribution in [0.1, 0.15) is 42.5 Å². The second kappa shape index (κ2) is 10.2. The molecule has 0 spiro atoms. The Morgan fingerprint density at radius 1 is 0.632 bits per heavy atom. The molecular weight excluding hydrogens is 458 g/mol. The van der Waals surface area contributed by atoms with Crippen LogP contribution in [0.25, 0.3) is 22.8 Å². The zero-order valence-electron chi connectivity index (χ0n) is 22.1. The van der Waals surface area contributed by atoms with Gasteiger partial charge in [0.1, 0.15) is 0 Å². The van der Waals surface area contributed by atoms with E-state index in [1.807, 2.05) is 0 Å². The summed E-state index contributed by atoms with van der Waals surface area (Å²) in [4.78, 5) is 2.47. The molecular formula is C37H33N. The van der Waals surface area contributed by atoms with Crippen LogP contribution in [0, 0.1) is 0 Å². The summed E-state index contributed by atoms with van der Waals surface area (Å²) in [6, 6.07) is 48.0. The average Bonchev–Trinajstić information content (AvgIpc) is 2.97. The average molecular weight is 492 g/mol. The molecule has 1 aliphatic heterocycles. The van der Waals surface area contributed by atoms with Crippen molar-refractivity contribution in [3.63, 3.8) is 0 Å². The topological polar surface area (TPSA) is 3.24 Å². The van der Waals surface area contributed by atoms with Gasteiger partial charge in [-0.3, -0.25) is 0 Å². The number of benzene rings is 5. The smallest absolute Gasteiger partial charge is 0.0449 e. The van der Waals surface area contributed by atoms with Crippen LogP contribution in [0.5, 0.6) is 0 Å². The van der Waals surface area contributed by atoms with E-state index in [4.69, 9.17) is 0 Å². The standard InChI is InChI=1S/C37H33N/c1-37(2)24-25-38(33-16-10-5-11-17-33)36-23-22-32(27-35(36)37)29-20-18-28(19-21-29)26-34(30-12-6-3-7-13-30)31-14-8-4-9-15-31/h3-23,26-27H,24-25H2,1-2H3. The van der Waals surface area contributed by atoms with Gasteiger partial charge in [0.2, 0.25) is 0 Å². The van der Waals surface area contributed by atoms with Gasteiger partial charge in [-0.25, -0.2) is 0 Å². The predicted molar refractivity (Wildman–Crippen MR) is 163 cm³/mol. The number of para-hydroxylation sites is 1. The first-order chi connectivity index (χ1) is 18.6. The van der Waals surface area contributed by atoms with E-state index < -0.39 is 0 Å². The summed E-state index contributed by atoms with van der Waals surface area (Å²) in [5.41, 5.74) is 11.5. The summed E-state index contributed by atoms with van der Waals surface area (Å²) in [6.07, 6.45) is 3.42. The third-order valence-corrected chi connectivity index (χ3v) is 7.77. The van der Waals surface area contributed by atoms with E-state index in [2.05, 4.69) is 158 Å². The van der Waals surface area contributed by atoms with Crippen LogP contribution in [0.2, 0.25) is 0 Å². The summed E-state index contributed by atoms with van der Waals surface area (Å²) >= 11 is 0. The number of hydrogen-bond donors (Lipinski definition) is 0. The number of hydrogen-bond acceptors (Lipinski definition) is 1. The molecule has 5 aromatic carbocycles. The van der Waals surface area contributed by atoms with E-state index in [-0.39, 0.29) is 5.41 Å². The van der Waals surface area contributed by atoms with Crippen molar-refractivity contribution >= 4 is 23.0 Å². The fraction of sp³-hybridized carbons (Fsp3) is 0.135. The molecule has 1 heteroatoms. The normalized spacial score (nSPS) is 14.0. The Morgan fingerprint density at radius 2 is 1.18 bits per heavy atom. The highest BCUT2D eigenvalue weighted by Gasteiger charge is 2.32. The number of rotatable bonds is 5. The van der Waals surface area contributed by atoms with E-state index in [1.165, 1.54) is 50.3 Å². The van der Waals surface area contributed by atoms with Crippen molar-refractivity contribution in [1.29, 1.82) is 0 Å². The SMILES string of the molecule is CC1(C)CCN(c2ccccc2)c2ccc(-c3ccc(C=C(c4ccccc4)c4ccccc4)cc3)cc21. The molecule has 0 saturated carbocycles. The summed E-state index contributed by atoms with van der Waals surface area (Å²) < 4.78 is 0. The first-order valence-corrected chi connectivity index (χ1v) is 13.5. The summed E-state index contributed by atoms with van der Waals surface area (Å²) in [6.45, 7) is 5.79. The van der Waals surface area contributed by atoms with Crippen molar-refractivity contribution in [1.82, 2.24) is 0 Å². The minimum absolute atomic E-state index is 0.138. The van der Waals surface area contributed by atoms with Crippen molar-refractivity contribution in [3.8, 4) is 11.1 Å². The third kappa shape index (κ3) is 4.80. The number of nitrogens with zero attached hydrogens (tertiary/aromatic N) is 1. The Kier molecular flexibility index (Phi) is 6.43. The second-order valence-electron chi connectivity index (χ2n) is 10.8. The second-order valence-corrected chi connectivity index (χ2v) is 10.8. The van der Waals surface area contributed by atoms with Crippen LogP contribution >= 0.6 is 0 Å².